The van der Waals surface area contributed by atoms with Crippen LogP contribution in [0.15, 0.2) is 12.1 Å². The largest absolute Gasteiger partial charge is 0.504 e. The Labute approximate surface area is 154 Å². The molecule has 26 heavy (non-hydrogen) atoms. The van der Waals surface area contributed by atoms with Crippen LogP contribution in [0.2, 0.25) is 0 Å². The summed E-state index contributed by atoms with van der Waals surface area (Å²) in [7, 11) is 1.98. The van der Waals surface area contributed by atoms with Crippen molar-refractivity contribution in [2.24, 2.45) is 5.92 Å². The maximum absolute atomic E-state index is 12.4. The van der Waals surface area contributed by atoms with Gasteiger partial charge in [-0.15, -0.1) is 0 Å². The van der Waals surface area contributed by atoms with E-state index < -0.39 is 5.60 Å². The van der Waals surface area contributed by atoms with Gasteiger partial charge in [-0.1, -0.05) is 6.07 Å². The third-order valence-electron chi connectivity index (χ3n) is 8.14. The number of nitrogens with zero attached hydrogens (tertiary/aromatic N) is 1. The molecule has 1 spiro atoms. The Morgan fingerprint density at radius 1 is 1.27 bits per heavy atom. The number of rotatable bonds is 3. The molecule has 5 heteroatoms. The van der Waals surface area contributed by atoms with E-state index in [9.17, 15) is 10.2 Å². The van der Waals surface area contributed by atoms with Crippen LogP contribution in [0.1, 0.15) is 43.2 Å². The molecule has 5 aliphatic rings. The second-order valence-electron chi connectivity index (χ2n) is 9.18. The maximum Gasteiger partial charge on any atom is 0.165 e. The fraction of sp³-hybridized carbons (Fsp3) is 0.714. The second-order valence-corrected chi connectivity index (χ2v) is 9.18. The normalized spacial score (nSPS) is 43.1. The highest BCUT2D eigenvalue weighted by Crippen LogP contribution is 2.65. The van der Waals surface area contributed by atoms with E-state index >= 15 is 0 Å². The Bertz CT molecular complexity index is 779. The van der Waals surface area contributed by atoms with Gasteiger partial charge in [0, 0.05) is 24.2 Å². The van der Waals surface area contributed by atoms with E-state index in [1.165, 1.54) is 18.4 Å². The van der Waals surface area contributed by atoms with E-state index in [1.807, 2.05) is 7.05 Å². The lowest BCUT2D eigenvalue weighted by atomic mass is 9.47. The van der Waals surface area contributed by atoms with Crippen molar-refractivity contribution in [3.05, 3.63) is 23.3 Å². The van der Waals surface area contributed by atoms with E-state index in [0.29, 0.717) is 5.75 Å². The number of phenols is 1. The van der Waals surface area contributed by atoms with Crippen LogP contribution in [-0.2, 0) is 11.8 Å². The Hall–Kier alpha value is -1.30. The molecule has 3 N–H and O–H groups in total. The number of ether oxygens (including phenoxy) is 1. The van der Waals surface area contributed by atoms with Gasteiger partial charge in [-0.3, -0.25) is 4.90 Å². The number of piperidine rings is 1. The number of benzene rings is 1. The van der Waals surface area contributed by atoms with Crippen molar-refractivity contribution < 1.29 is 14.9 Å². The lowest BCUT2D eigenvalue weighted by molar-refractivity contribution is -0.199. The summed E-state index contributed by atoms with van der Waals surface area (Å²) >= 11 is 0. The van der Waals surface area contributed by atoms with Gasteiger partial charge in [0.2, 0.25) is 0 Å². The number of aliphatic hydroxyl groups is 1. The summed E-state index contributed by atoms with van der Waals surface area (Å²) in [6.45, 7) is 2.14. The van der Waals surface area contributed by atoms with Crippen LogP contribution in [0, 0.1) is 5.92 Å². The minimum absolute atomic E-state index is 0.0231. The molecule has 5 nitrogen and oxygen atoms in total. The van der Waals surface area contributed by atoms with E-state index in [1.54, 1.807) is 6.07 Å². The summed E-state index contributed by atoms with van der Waals surface area (Å²) in [6, 6.07) is 4.04. The number of hydrogen-bond donors (Lipinski definition) is 3. The molecule has 1 saturated heterocycles. The fourth-order valence-electron chi connectivity index (χ4n) is 6.89. The summed E-state index contributed by atoms with van der Waals surface area (Å²) < 4.78 is 6.34. The standard InChI is InChI=1S/C21H28N2O3/c1-22-15-6-7-17-20-8-9-23(11-12-2-3-12)16(21(15,20)25)10-13-4-5-14(24)19(26-17)18(13)20/h4-5,12,15-17,22,24-25H,2-3,6-11H2,1H3/t15-,16+,17-,20+,21+/m0/s1. The molecule has 140 valence electrons. The van der Waals surface area contributed by atoms with Gasteiger partial charge in [0.15, 0.2) is 11.5 Å². The highest BCUT2D eigenvalue weighted by atomic mass is 16.5. The zero-order valence-electron chi connectivity index (χ0n) is 15.4. The third-order valence-corrected chi connectivity index (χ3v) is 8.14. The summed E-state index contributed by atoms with van der Waals surface area (Å²) in [6.07, 6.45) is 6.25. The van der Waals surface area contributed by atoms with Crippen LogP contribution < -0.4 is 10.1 Å². The van der Waals surface area contributed by atoms with Crippen molar-refractivity contribution in [3.8, 4) is 11.5 Å². The van der Waals surface area contributed by atoms with Crippen LogP contribution in [0.4, 0.5) is 0 Å². The first kappa shape index (κ1) is 15.7. The Kier molecular flexibility index (Phi) is 2.99. The quantitative estimate of drug-likeness (QED) is 0.767. The molecular weight excluding hydrogens is 328 g/mol. The average Bonchev–Trinajstić information content (AvgIpc) is 3.37. The molecule has 3 aliphatic carbocycles. The first-order chi connectivity index (χ1) is 12.6. The van der Waals surface area contributed by atoms with Crippen molar-refractivity contribution in [2.75, 3.05) is 20.1 Å². The lowest BCUT2D eigenvalue weighted by Crippen LogP contribution is -2.81. The number of phenolic OH excluding ortho intramolecular Hbond substituents is 1. The van der Waals surface area contributed by atoms with Crippen LogP contribution in [-0.4, -0.2) is 59.0 Å². The van der Waals surface area contributed by atoms with E-state index in [-0.39, 0.29) is 29.4 Å². The van der Waals surface area contributed by atoms with Crippen LogP contribution in [0.25, 0.3) is 0 Å². The Balaban J connectivity index is 1.58. The van der Waals surface area contributed by atoms with E-state index in [0.717, 1.165) is 50.3 Å². The lowest BCUT2D eigenvalue weighted by Gasteiger charge is -2.65. The van der Waals surface area contributed by atoms with Crippen molar-refractivity contribution in [3.63, 3.8) is 0 Å². The van der Waals surface area contributed by atoms with Crippen molar-refractivity contribution in [2.45, 2.75) is 67.7 Å². The van der Waals surface area contributed by atoms with Gasteiger partial charge in [-0.25, -0.2) is 0 Å². The zero-order valence-corrected chi connectivity index (χ0v) is 15.4. The number of hydrogen-bond acceptors (Lipinski definition) is 5. The highest BCUT2D eigenvalue weighted by molar-refractivity contribution is 5.62. The topological polar surface area (TPSA) is 65.0 Å². The molecule has 2 aliphatic heterocycles. The first-order valence-electron chi connectivity index (χ1n) is 10.2. The van der Waals surface area contributed by atoms with Gasteiger partial charge < -0.3 is 20.3 Å². The van der Waals surface area contributed by atoms with E-state index in [2.05, 4.69) is 16.3 Å². The molecule has 2 bridgehead atoms. The SMILES string of the molecule is CN[C@H]1CC[C@@H]2Oc3c(O)ccc4c3[C@@]23CCN(CC2CC2)[C@H](C4)[C@]13O. The number of nitrogens with one attached hydrogen (secondary N) is 1. The monoisotopic (exact) mass is 356 g/mol. The van der Waals surface area contributed by atoms with Crippen LogP contribution >= 0.6 is 0 Å². The van der Waals surface area contributed by atoms with Gasteiger partial charge in [0.05, 0.1) is 5.41 Å². The molecule has 3 fully saturated rings. The summed E-state index contributed by atoms with van der Waals surface area (Å²) in [4.78, 5) is 2.57. The molecule has 0 unspecified atom stereocenters. The van der Waals surface area contributed by atoms with Crippen LogP contribution in [0.3, 0.4) is 0 Å². The highest BCUT2D eigenvalue weighted by Gasteiger charge is 2.73. The average molecular weight is 356 g/mol. The van der Waals surface area contributed by atoms with Crippen molar-refractivity contribution in [1.29, 1.82) is 0 Å². The molecular formula is C21H28N2O3. The van der Waals surface area contributed by atoms with Crippen LogP contribution in [0.5, 0.6) is 11.5 Å². The molecule has 2 saturated carbocycles. The minimum atomic E-state index is -0.843. The third kappa shape index (κ3) is 1.64. The summed E-state index contributed by atoms with van der Waals surface area (Å²) in [5.74, 6) is 1.70. The number of likely N-dealkylation sites (N-methyl/N-ethyl adjacent to an activating group) is 1. The molecule has 0 aromatic heterocycles. The summed E-state index contributed by atoms with van der Waals surface area (Å²) in [5.41, 5.74) is 1.16. The second kappa shape index (κ2) is 4.94. The first-order valence-corrected chi connectivity index (χ1v) is 10.2. The van der Waals surface area contributed by atoms with E-state index in [4.69, 9.17) is 4.74 Å². The Morgan fingerprint density at radius 2 is 2.12 bits per heavy atom. The van der Waals surface area contributed by atoms with Gasteiger partial charge in [0.1, 0.15) is 11.7 Å². The molecule has 0 amide bonds. The smallest absolute Gasteiger partial charge is 0.165 e. The molecule has 2 heterocycles. The number of aromatic hydroxyl groups is 1. The predicted molar refractivity (Wildman–Crippen MR) is 97.6 cm³/mol. The molecule has 6 rings (SSSR count). The molecule has 1 aromatic rings. The van der Waals surface area contributed by atoms with Crippen molar-refractivity contribution >= 4 is 0 Å². The maximum atomic E-state index is 12.4. The minimum Gasteiger partial charge on any atom is -0.504 e. The summed E-state index contributed by atoms with van der Waals surface area (Å²) in [5, 5.41) is 26.3. The molecule has 1 aromatic carbocycles. The number of likely N-dealkylation sites (tertiary alicyclic amines) is 1. The Morgan fingerprint density at radius 3 is 2.88 bits per heavy atom. The zero-order chi connectivity index (χ0) is 17.7. The van der Waals surface area contributed by atoms with Gasteiger partial charge in [0.25, 0.3) is 0 Å². The van der Waals surface area contributed by atoms with Gasteiger partial charge >= 0.3 is 0 Å². The van der Waals surface area contributed by atoms with Crippen molar-refractivity contribution in [1.82, 2.24) is 10.2 Å². The fourth-order valence-corrected chi connectivity index (χ4v) is 6.89. The molecule has 0 radical (unpaired) electrons. The van der Waals surface area contributed by atoms with Gasteiger partial charge in [-0.2, -0.15) is 0 Å². The molecule has 5 atom stereocenters. The van der Waals surface area contributed by atoms with Gasteiger partial charge in [-0.05, 0) is 69.7 Å². The predicted octanol–water partition coefficient (Wildman–Crippen LogP) is 1.54.